The molecule has 1 unspecified atom stereocenters. The van der Waals surface area contributed by atoms with Gasteiger partial charge in [0.2, 0.25) is 0 Å². The summed E-state index contributed by atoms with van der Waals surface area (Å²) in [6, 6.07) is 9.53. The maximum Gasteiger partial charge on any atom is 0.338 e. The Bertz CT molecular complexity index is 924. The smallest absolute Gasteiger partial charge is 0.338 e. The van der Waals surface area contributed by atoms with Crippen LogP contribution in [-0.2, 0) is 9.63 Å². The van der Waals surface area contributed by atoms with Gasteiger partial charge >= 0.3 is 5.97 Å². The highest BCUT2D eigenvalue weighted by Gasteiger charge is 2.40. The Morgan fingerprint density at radius 2 is 1.64 bits per heavy atom. The topological polar surface area (TPSA) is 96.9 Å². The molecule has 1 aromatic carbocycles. The SMILES string of the molecule is O=C(ON1C(=O)c2ccccc2C1=O)C1CCCN(C(=O)c2ccncc2)C1. The summed E-state index contributed by atoms with van der Waals surface area (Å²) in [5.41, 5.74) is 0.904. The number of nitrogens with zero attached hydrogens (tertiary/aromatic N) is 3. The first-order valence-electron chi connectivity index (χ1n) is 8.95. The number of piperidine rings is 1. The van der Waals surface area contributed by atoms with Gasteiger partial charge in [0.15, 0.2) is 0 Å². The van der Waals surface area contributed by atoms with Crippen LogP contribution in [0.1, 0.15) is 43.9 Å². The average Bonchev–Trinajstić information content (AvgIpc) is 2.99. The zero-order valence-electron chi connectivity index (χ0n) is 14.9. The number of carbonyl (C=O) groups is 4. The van der Waals surface area contributed by atoms with Crippen LogP contribution in [0.5, 0.6) is 0 Å². The Morgan fingerprint density at radius 3 is 2.29 bits per heavy atom. The van der Waals surface area contributed by atoms with Gasteiger partial charge in [-0.15, -0.1) is 0 Å². The van der Waals surface area contributed by atoms with Gasteiger partial charge in [-0.3, -0.25) is 19.4 Å². The summed E-state index contributed by atoms with van der Waals surface area (Å²) in [5.74, 6) is -2.81. The molecule has 8 heteroatoms. The number of fused-ring (bicyclic) bond motifs is 1. The largest absolute Gasteiger partial charge is 0.338 e. The standard InChI is InChI=1S/C20H17N3O5/c24-17(13-7-9-21-10-8-13)22-11-3-4-14(12-22)20(27)28-23-18(25)15-5-1-2-6-16(15)19(23)26/h1-2,5-10,14H,3-4,11-12H2. The number of hydrogen-bond acceptors (Lipinski definition) is 6. The van der Waals surface area contributed by atoms with Gasteiger partial charge in [0.1, 0.15) is 0 Å². The van der Waals surface area contributed by atoms with Crippen molar-refractivity contribution < 1.29 is 24.0 Å². The number of hydrogen-bond donors (Lipinski definition) is 0. The Labute approximate surface area is 160 Å². The van der Waals surface area contributed by atoms with E-state index in [9.17, 15) is 19.2 Å². The van der Waals surface area contributed by atoms with Gasteiger partial charge in [-0.2, -0.15) is 0 Å². The lowest BCUT2D eigenvalue weighted by Crippen LogP contribution is -2.44. The van der Waals surface area contributed by atoms with E-state index in [4.69, 9.17) is 4.84 Å². The van der Waals surface area contributed by atoms with Crippen molar-refractivity contribution in [2.24, 2.45) is 5.92 Å². The molecule has 1 aromatic heterocycles. The normalized spacial score (nSPS) is 18.8. The summed E-state index contributed by atoms with van der Waals surface area (Å²) < 4.78 is 0. The summed E-state index contributed by atoms with van der Waals surface area (Å²) in [6.07, 6.45) is 4.21. The van der Waals surface area contributed by atoms with E-state index in [1.807, 2.05) is 0 Å². The number of likely N-dealkylation sites (tertiary alicyclic amines) is 1. The second-order valence-electron chi connectivity index (χ2n) is 6.69. The minimum absolute atomic E-state index is 0.170. The Morgan fingerprint density at radius 1 is 1.00 bits per heavy atom. The molecule has 1 fully saturated rings. The van der Waals surface area contributed by atoms with Crippen molar-refractivity contribution in [3.8, 4) is 0 Å². The number of pyridine rings is 1. The van der Waals surface area contributed by atoms with Crippen molar-refractivity contribution in [3.63, 3.8) is 0 Å². The molecule has 3 heterocycles. The molecule has 2 aliphatic heterocycles. The lowest BCUT2D eigenvalue weighted by Gasteiger charge is -2.31. The van der Waals surface area contributed by atoms with Gasteiger partial charge in [-0.1, -0.05) is 17.2 Å². The fourth-order valence-corrected chi connectivity index (χ4v) is 3.45. The second kappa shape index (κ2) is 7.22. The molecule has 8 nitrogen and oxygen atoms in total. The van der Waals surface area contributed by atoms with E-state index in [1.54, 1.807) is 29.2 Å². The summed E-state index contributed by atoms with van der Waals surface area (Å²) in [7, 11) is 0. The van der Waals surface area contributed by atoms with Crippen LogP contribution in [0.4, 0.5) is 0 Å². The molecule has 1 saturated heterocycles. The molecular formula is C20H17N3O5. The van der Waals surface area contributed by atoms with Crippen molar-refractivity contribution in [2.75, 3.05) is 13.1 Å². The van der Waals surface area contributed by atoms with Crippen molar-refractivity contribution in [1.29, 1.82) is 0 Å². The fourth-order valence-electron chi connectivity index (χ4n) is 3.45. The van der Waals surface area contributed by atoms with Crippen LogP contribution in [0.3, 0.4) is 0 Å². The lowest BCUT2D eigenvalue weighted by molar-refractivity contribution is -0.175. The maximum absolute atomic E-state index is 12.6. The Kier molecular flexibility index (Phi) is 4.60. The van der Waals surface area contributed by atoms with Gasteiger partial charge in [0, 0.05) is 31.0 Å². The minimum atomic E-state index is -0.693. The molecule has 1 atom stereocenters. The lowest BCUT2D eigenvalue weighted by atomic mass is 9.97. The number of rotatable bonds is 3. The first-order chi connectivity index (χ1) is 13.6. The minimum Gasteiger partial charge on any atom is -0.338 e. The second-order valence-corrected chi connectivity index (χ2v) is 6.69. The Hall–Kier alpha value is -3.55. The number of amides is 3. The number of carbonyl (C=O) groups excluding carboxylic acids is 4. The quantitative estimate of drug-likeness (QED) is 0.753. The van der Waals surface area contributed by atoms with Crippen LogP contribution in [0, 0.1) is 5.92 Å². The van der Waals surface area contributed by atoms with E-state index in [-0.39, 0.29) is 23.6 Å². The maximum atomic E-state index is 12.6. The summed E-state index contributed by atoms with van der Waals surface area (Å²) in [5, 5.41) is 0.511. The molecule has 0 radical (unpaired) electrons. The number of benzene rings is 1. The summed E-state index contributed by atoms with van der Waals surface area (Å²) >= 11 is 0. The van der Waals surface area contributed by atoms with Gasteiger partial charge in [-0.25, -0.2) is 4.79 Å². The van der Waals surface area contributed by atoms with Gasteiger partial charge in [0.25, 0.3) is 17.7 Å². The predicted molar refractivity (Wildman–Crippen MR) is 95.9 cm³/mol. The molecule has 0 spiro atoms. The number of hydroxylamine groups is 2. The van der Waals surface area contributed by atoms with Crippen LogP contribution < -0.4 is 0 Å². The highest BCUT2D eigenvalue weighted by Crippen LogP contribution is 2.25. The highest BCUT2D eigenvalue weighted by atomic mass is 16.7. The molecule has 0 bridgehead atoms. The van der Waals surface area contributed by atoms with E-state index >= 15 is 0 Å². The van der Waals surface area contributed by atoms with Crippen molar-refractivity contribution >= 4 is 23.7 Å². The molecule has 142 valence electrons. The van der Waals surface area contributed by atoms with Crippen LogP contribution in [0.2, 0.25) is 0 Å². The molecule has 0 aliphatic carbocycles. The van der Waals surface area contributed by atoms with Crippen LogP contribution >= 0.6 is 0 Å². The van der Waals surface area contributed by atoms with E-state index in [1.165, 1.54) is 24.5 Å². The zero-order valence-corrected chi connectivity index (χ0v) is 14.9. The fraction of sp³-hybridized carbons (Fsp3) is 0.250. The van der Waals surface area contributed by atoms with Crippen molar-refractivity contribution in [1.82, 2.24) is 14.9 Å². The molecular weight excluding hydrogens is 362 g/mol. The molecule has 4 rings (SSSR count). The van der Waals surface area contributed by atoms with E-state index in [0.717, 1.165) is 0 Å². The third kappa shape index (κ3) is 3.13. The third-order valence-corrected chi connectivity index (χ3v) is 4.91. The van der Waals surface area contributed by atoms with E-state index < -0.39 is 23.7 Å². The highest BCUT2D eigenvalue weighted by molar-refractivity contribution is 6.20. The molecule has 3 amide bonds. The monoisotopic (exact) mass is 379 g/mol. The van der Waals surface area contributed by atoms with Gasteiger partial charge < -0.3 is 9.74 Å². The van der Waals surface area contributed by atoms with Crippen LogP contribution in [0.25, 0.3) is 0 Å². The van der Waals surface area contributed by atoms with Crippen LogP contribution in [0.15, 0.2) is 48.8 Å². The van der Waals surface area contributed by atoms with Crippen molar-refractivity contribution in [3.05, 3.63) is 65.5 Å². The molecule has 28 heavy (non-hydrogen) atoms. The van der Waals surface area contributed by atoms with Crippen LogP contribution in [-0.4, -0.2) is 51.7 Å². The Balaban J connectivity index is 1.44. The number of imide groups is 1. The van der Waals surface area contributed by atoms with E-state index in [2.05, 4.69) is 4.98 Å². The van der Waals surface area contributed by atoms with E-state index in [0.29, 0.717) is 30.0 Å². The molecule has 2 aromatic rings. The van der Waals surface area contributed by atoms with Gasteiger partial charge in [-0.05, 0) is 37.1 Å². The number of aromatic nitrogens is 1. The third-order valence-electron chi connectivity index (χ3n) is 4.91. The summed E-state index contributed by atoms with van der Waals surface area (Å²) in [4.78, 5) is 60.5. The molecule has 2 aliphatic rings. The first-order valence-corrected chi connectivity index (χ1v) is 8.95. The van der Waals surface area contributed by atoms with Gasteiger partial charge in [0.05, 0.1) is 17.0 Å². The first kappa shape index (κ1) is 17.8. The average molecular weight is 379 g/mol. The molecule has 0 saturated carbocycles. The summed E-state index contributed by atoms with van der Waals surface area (Å²) in [6.45, 7) is 0.696. The predicted octanol–water partition coefficient (Wildman–Crippen LogP) is 1.69. The zero-order chi connectivity index (χ0) is 19.7. The molecule has 0 N–H and O–H groups in total. The van der Waals surface area contributed by atoms with Crippen molar-refractivity contribution in [2.45, 2.75) is 12.8 Å².